The molecule has 0 saturated carbocycles. The molecule has 14 heavy (non-hydrogen) atoms. The van der Waals surface area contributed by atoms with Crippen LogP contribution in [0.1, 0.15) is 6.42 Å². The summed E-state index contributed by atoms with van der Waals surface area (Å²) in [5.41, 5.74) is -5.42. The molecule has 0 aromatic carbocycles. The molecule has 0 aliphatic carbocycles. The van der Waals surface area contributed by atoms with Gasteiger partial charge in [-0.1, -0.05) is 6.08 Å². The first kappa shape index (κ1) is 11.0. The van der Waals surface area contributed by atoms with E-state index in [4.69, 9.17) is 0 Å². The molecule has 0 unspecified atom stereocenters. The summed E-state index contributed by atoms with van der Waals surface area (Å²) in [5.74, 6) is -1.16. The van der Waals surface area contributed by atoms with Gasteiger partial charge in [0.1, 0.15) is 0 Å². The van der Waals surface area contributed by atoms with Crippen LogP contribution < -0.4 is 0 Å². The second kappa shape index (κ2) is 3.26. The molecule has 0 spiro atoms. The van der Waals surface area contributed by atoms with Crippen molar-refractivity contribution in [2.45, 2.75) is 11.9 Å². The summed E-state index contributed by atoms with van der Waals surface area (Å²) in [4.78, 5) is 10.8. The molecule has 0 aromatic heterocycles. The molecule has 0 N–H and O–H groups in total. The molecule has 0 fully saturated rings. The topological polar surface area (TPSA) is 54.5 Å². The summed E-state index contributed by atoms with van der Waals surface area (Å²) >= 11 is 0. The highest BCUT2D eigenvalue weighted by molar-refractivity contribution is 7.90. The van der Waals surface area contributed by atoms with Crippen LogP contribution >= 0.6 is 0 Å². The Morgan fingerprint density at radius 2 is 1.93 bits per heavy atom. The molecule has 1 rings (SSSR count). The largest absolute Gasteiger partial charge is 0.516 e. The molecule has 0 atom stereocenters. The molecule has 4 nitrogen and oxygen atoms in total. The number of amides is 1. The summed E-state index contributed by atoms with van der Waals surface area (Å²) in [5, 5.41) is 0. The molecular formula is C6H6F3NO3S. The lowest BCUT2D eigenvalue weighted by Crippen LogP contribution is -2.45. The number of rotatable bonds is 1. The maximum atomic E-state index is 12.0. The molecular weight excluding hydrogens is 223 g/mol. The summed E-state index contributed by atoms with van der Waals surface area (Å²) in [6.45, 7) is -0.461. The third-order valence-electron chi connectivity index (χ3n) is 1.59. The van der Waals surface area contributed by atoms with Crippen molar-refractivity contribution in [3.63, 3.8) is 0 Å². The summed E-state index contributed by atoms with van der Waals surface area (Å²) in [7, 11) is -5.52. The molecule has 0 bridgehead atoms. The van der Waals surface area contributed by atoms with Crippen molar-refractivity contribution in [1.82, 2.24) is 4.31 Å². The first-order chi connectivity index (χ1) is 6.27. The van der Waals surface area contributed by atoms with Crippen LogP contribution in [0.2, 0.25) is 0 Å². The minimum absolute atomic E-state index is 0.0983. The lowest BCUT2D eigenvalue weighted by molar-refractivity contribution is -0.123. The second-order valence-electron chi connectivity index (χ2n) is 2.55. The van der Waals surface area contributed by atoms with Crippen LogP contribution in [0.25, 0.3) is 0 Å². The Bertz CT molecular complexity index is 370. The Morgan fingerprint density at radius 3 is 2.36 bits per heavy atom. The third kappa shape index (κ3) is 1.74. The maximum Gasteiger partial charge on any atom is 0.516 e. The van der Waals surface area contributed by atoms with Gasteiger partial charge < -0.3 is 0 Å². The number of alkyl halides is 3. The van der Waals surface area contributed by atoms with Crippen molar-refractivity contribution >= 4 is 15.9 Å². The van der Waals surface area contributed by atoms with E-state index in [1.807, 2.05) is 0 Å². The number of hydrogen-bond donors (Lipinski definition) is 0. The smallest absolute Gasteiger partial charge is 0.269 e. The monoisotopic (exact) mass is 229 g/mol. The molecule has 80 valence electrons. The molecule has 1 aliphatic rings. The van der Waals surface area contributed by atoms with Crippen molar-refractivity contribution in [1.29, 1.82) is 0 Å². The van der Waals surface area contributed by atoms with E-state index in [9.17, 15) is 26.4 Å². The van der Waals surface area contributed by atoms with Crippen LogP contribution in [0.4, 0.5) is 13.2 Å². The average molecular weight is 229 g/mol. The highest BCUT2D eigenvalue weighted by Crippen LogP contribution is 2.28. The number of sulfonamides is 1. The predicted octanol–water partition coefficient (Wildman–Crippen LogP) is 0.624. The van der Waals surface area contributed by atoms with Crippen LogP contribution in [-0.2, 0) is 14.8 Å². The number of halogens is 3. The zero-order valence-electron chi connectivity index (χ0n) is 6.78. The van der Waals surface area contributed by atoms with Crippen molar-refractivity contribution < 1.29 is 26.4 Å². The van der Waals surface area contributed by atoms with Crippen LogP contribution in [0.5, 0.6) is 0 Å². The second-order valence-corrected chi connectivity index (χ2v) is 4.41. The number of carbonyl (C=O) groups is 1. The van der Waals surface area contributed by atoms with E-state index in [1.54, 1.807) is 0 Å². The standard InChI is InChI=1S/C6H6F3NO3S/c7-6(8,9)14(12,13)10-4-2-1-3-5(10)11/h1,3H,2,4H2. The molecule has 1 heterocycles. The normalized spacial score (nSPS) is 18.8. The molecule has 8 heteroatoms. The summed E-state index contributed by atoms with van der Waals surface area (Å²) in [6, 6.07) is 0. The Hall–Kier alpha value is -1.05. The first-order valence-electron chi connectivity index (χ1n) is 3.56. The minimum Gasteiger partial charge on any atom is -0.269 e. The van der Waals surface area contributed by atoms with Gasteiger partial charge in [0, 0.05) is 12.6 Å². The van der Waals surface area contributed by atoms with Gasteiger partial charge in [-0.3, -0.25) is 4.79 Å². The van der Waals surface area contributed by atoms with E-state index < -0.39 is 28.0 Å². The Balaban J connectivity index is 3.06. The zero-order chi connectivity index (χ0) is 11.0. The van der Waals surface area contributed by atoms with E-state index in [-0.39, 0.29) is 10.7 Å². The van der Waals surface area contributed by atoms with Crippen LogP contribution in [0.15, 0.2) is 12.2 Å². The fourth-order valence-electron chi connectivity index (χ4n) is 0.933. The Morgan fingerprint density at radius 1 is 1.36 bits per heavy atom. The van der Waals surface area contributed by atoms with Gasteiger partial charge in [0.25, 0.3) is 5.91 Å². The van der Waals surface area contributed by atoms with E-state index in [0.29, 0.717) is 0 Å². The van der Waals surface area contributed by atoms with Crippen molar-refractivity contribution in [2.75, 3.05) is 6.54 Å². The lowest BCUT2D eigenvalue weighted by Gasteiger charge is -2.23. The predicted molar refractivity (Wildman–Crippen MR) is 40.4 cm³/mol. The third-order valence-corrected chi connectivity index (χ3v) is 3.12. The van der Waals surface area contributed by atoms with E-state index in [2.05, 4.69) is 0 Å². The number of carbonyl (C=O) groups excluding carboxylic acids is 1. The fourth-order valence-corrected chi connectivity index (χ4v) is 1.83. The van der Waals surface area contributed by atoms with Gasteiger partial charge in [0.2, 0.25) is 0 Å². The average Bonchev–Trinajstić information content (AvgIpc) is 2.02. The Kier molecular flexibility index (Phi) is 2.57. The van der Waals surface area contributed by atoms with Gasteiger partial charge in [0.05, 0.1) is 0 Å². The molecule has 0 aromatic rings. The molecule has 1 aliphatic heterocycles. The quantitative estimate of drug-likeness (QED) is 0.662. The first-order valence-corrected chi connectivity index (χ1v) is 5.00. The van der Waals surface area contributed by atoms with Crippen molar-refractivity contribution in [2.24, 2.45) is 0 Å². The minimum atomic E-state index is -5.52. The summed E-state index contributed by atoms with van der Waals surface area (Å²) in [6.07, 6.45) is 2.23. The van der Waals surface area contributed by atoms with Gasteiger partial charge in [-0.15, -0.1) is 0 Å². The Labute approximate surface area is 78.0 Å². The molecule has 0 saturated heterocycles. The van der Waals surface area contributed by atoms with Crippen LogP contribution in [0, 0.1) is 0 Å². The zero-order valence-corrected chi connectivity index (χ0v) is 7.60. The van der Waals surface area contributed by atoms with Crippen molar-refractivity contribution in [3.05, 3.63) is 12.2 Å². The van der Waals surface area contributed by atoms with Gasteiger partial charge in [0.15, 0.2) is 0 Å². The van der Waals surface area contributed by atoms with Gasteiger partial charge >= 0.3 is 15.5 Å². The SMILES string of the molecule is O=C1C=CCCN1S(=O)(=O)C(F)(F)F. The van der Waals surface area contributed by atoms with E-state index >= 15 is 0 Å². The number of hydrogen-bond acceptors (Lipinski definition) is 3. The summed E-state index contributed by atoms with van der Waals surface area (Å²) < 4.78 is 57.3. The van der Waals surface area contributed by atoms with Crippen LogP contribution in [0.3, 0.4) is 0 Å². The van der Waals surface area contributed by atoms with E-state index in [0.717, 1.165) is 6.08 Å². The van der Waals surface area contributed by atoms with Gasteiger partial charge in [-0.25, -0.2) is 4.31 Å². The highest BCUT2D eigenvalue weighted by atomic mass is 32.2. The lowest BCUT2D eigenvalue weighted by atomic mass is 10.3. The van der Waals surface area contributed by atoms with Gasteiger partial charge in [-0.05, 0) is 6.42 Å². The van der Waals surface area contributed by atoms with Crippen molar-refractivity contribution in [3.8, 4) is 0 Å². The van der Waals surface area contributed by atoms with Crippen LogP contribution in [-0.4, -0.2) is 30.7 Å². The maximum absolute atomic E-state index is 12.0. The highest BCUT2D eigenvalue weighted by Gasteiger charge is 2.51. The molecule has 0 radical (unpaired) electrons. The molecule has 1 amide bonds. The fraction of sp³-hybridized carbons (Fsp3) is 0.500. The van der Waals surface area contributed by atoms with E-state index in [1.165, 1.54) is 6.08 Å². The number of nitrogens with zero attached hydrogens (tertiary/aromatic N) is 1. The van der Waals surface area contributed by atoms with Gasteiger partial charge in [-0.2, -0.15) is 21.6 Å².